The Morgan fingerprint density at radius 3 is 2.67 bits per heavy atom. The zero-order chi connectivity index (χ0) is 9.84. The third kappa shape index (κ3) is 2.36. The summed E-state index contributed by atoms with van der Waals surface area (Å²) in [4.78, 5) is 10.4. The van der Waals surface area contributed by atoms with Crippen LogP contribution in [0.2, 0.25) is 0 Å². The Balaban J connectivity index is 2.79. The van der Waals surface area contributed by atoms with E-state index < -0.39 is 18.4 Å². The number of rotatable bonds is 3. The van der Waals surface area contributed by atoms with Gasteiger partial charge in [-0.1, -0.05) is 30.3 Å². The van der Waals surface area contributed by atoms with Crippen molar-refractivity contribution >= 4 is 5.97 Å². The molecule has 1 aromatic rings. The largest absolute Gasteiger partial charge is 0.481 e. The van der Waals surface area contributed by atoms with E-state index in [0.29, 0.717) is 5.56 Å². The molecule has 0 unspecified atom stereocenters. The zero-order valence-electron chi connectivity index (χ0n) is 7.47. The molecule has 0 spiro atoms. The maximum absolute atomic E-state index is 10.4. The second-order valence-electron chi connectivity index (χ2n) is 2.44. The summed E-state index contributed by atoms with van der Waals surface area (Å²) in [5.41, 5.74) is 6.24. The van der Waals surface area contributed by atoms with Crippen molar-refractivity contribution in [2.24, 2.45) is 5.73 Å². The first-order valence-corrected chi connectivity index (χ1v) is 3.58. The van der Waals surface area contributed by atoms with Gasteiger partial charge in [0, 0.05) is 7.41 Å². The highest BCUT2D eigenvalue weighted by Gasteiger charge is 2.08. The van der Waals surface area contributed by atoms with Gasteiger partial charge >= 0.3 is 5.97 Å². The van der Waals surface area contributed by atoms with Crippen molar-refractivity contribution in [2.75, 3.05) is 0 Å². The van der Waals surface area contributed by atoms with Crippen LogP contribution < -0.4 is 5.73 Å². The van der Waals surface area contributed by atoms with Crippen LogP contribution in [-0.2, 0) is 4.79 Å². The topological polar surface area (TPSA) is 63.3 Å². The molecular weight excluding hydrogens is 154 g/mol. The number of nitrogens with two attached hydrogens (primary N) is 1. The van der Waals surface area contributed by atoms with E-state index in [4.69, 9.17) is 12.2 Å². The van der Waals surface area contributed by atoms with E-state index in [1.165, 1.54) is 0 Å². The van der Waals surface area contributed by atoms with Gasteiger partial charge in [-0.15, -0.1) is 0 Å². The molecule has 1 aromatic carbocycles. The van der Waals surface area contributed by atoms with Crippen molar-refractivity contribution in [3.63, 3.8) is 0 Å². The Morgan fingerprint density at radius 2 is 2.17 bits per heavy atom. The average molecular weight is 166 g/mol. The number of hydrogen-bond acceptors (Lipinski definition) is 2. The van der Waals surface area contributed by atoms with Crippen LogP contribution >= 0.6 is 0 Å². The Morgan fingerprint density at radius 1 is 1.58 bits per heavy atom. The maximum atomic E-state index is 10.4. The van der Waals surface area contributed by atoms with Gasteiger partial charge in [-0.25, -0.2) is 0 Å². The van der Waals surface area contributed by atoms with E-state index in [-0.39, 0.29) is 0 Å². The van der Waals surface area contributed by atoms with Gasteiger partial charge in [-0.05, 0) is 5.56 Å². The third-order valence-electron chi connectivity index (χ3n) is 1.51. The summed E-state index contributed by atoms with van der Waals surface area (Å²) in [6.45, 7) is 0. The summed E-state index contributed by atoms with van der Waals surface area (Å²) in [6.07, 6.45) is -1.30. The second kappa shape index (κ2) is 3.88. The first-order chi connectivity index (χ1) is 6.13. The summed E-state index contributed by atoms with van der Waals surface area (Å²) in [5, 5.41) is 8.55. The molecule has 1 rings (SSSR count). The number of benzene rings is 1. The van der Waals surface area contributed by atoms with Crippen LogP contribution in [0.4, 0.5) is 0 Å². The highest BCUT2D eigenvalue weighted by Crippen LogP contribution is 2.12. The van der Waals surface area contributed by atoms with Gasteiger partial charge in [0.15, 0.2) is 0 Å². The molecule has 0 aliphatic rings. The number of hydrogen-bond donors (Lipinski definition) is 2. The summed E-state index contributed by atoms with van der Waals surface area (Å²) in [7, 11) is 0. The predicted octanol–water partition coefficient (Wildman–Crippen LogP) is 1.16. The number of carboxylic acids is 1. The fraction of sp³-hybridized carbons (Fsp3) is 0.222. The predicted molar refractivity (Wildman–Crippen MR) is 45.6 cm³/mol. The molecular formula is C9H11NO2. The lowest BCUT2D eigenvalue weighted by Crippen LogP contribution is -2.14. The lowest BCUT2D eigenvalue weighted by molar-refractivity contribution is -0.137. The smallest absolute Gasteiger partial charge is 0.305 e. The standard InChI is InChI=1S/C9H11NO2/c10-8(6-9(11)12)7-4-2-1-3-5-7/h1-5,8H,6,10H2,(H,11,12)/t8-/m1/s1/i6D/t6-,8+/m0. The molecule has 0 bridgehead atoms. The summed E-state index contributed by atoms with van der Waals surface area (Å²) in [6, 6.07) is 8.02. The molecule has 0 saturated carbocycles. The normalized spacial score (nSPS) is 16.2. The minimum Gasteiger partial charge on any atom is -0.481 e. The Bertz CT molecular complexity index is 289. The van der Waals surface area contributed by atoms with E-state index >= 15 is 0 Å². The van der Waals surface area contributed by atoms with Crippen LogP contribution in [0.1, 0.15) is 19.4 Å². The van der Waals surface area contributed by atoms with Gasteiger partial charge in [-0.2, -0.15) is 0 Å². The van der Waals surface area contributed by atoms with E-state index in [9.17, 15) is 4.79 Å². The number of aliphatic carboxylic acids is 1. The Labute approximate surface area is 72.2 Å². The van der Waals surface area contributed by atoms with Crippen molar-refractivity contribution in [3.05, 3.63) is 35.9 Å². The summed E-state index contributed by atoms with van der Waals surface area (Å²) < 4.78 is 7.25. The third-order valence-corrected chi connectivity index (χ3v) is 1.51. The molecule has 2 atom stereocenters. The Kier molecular flexibility index (Phi) is 2.36. The molecule has 0 fully saturated rings. The fourth-order valence-electron chi connectivity index (χ4n) is 0.925. The van der Waals surface area contributed by atoms with Crippen molar-refractivity contribution in [1.29, 1.82) is 0 Å². The molecule has 3 N–H and O–H groups in total. The molecule has 0 amide bonds. The van der Waals surface area contributed by atoms with Crippen molar-refractivity contribution < 1.29 is 11.3 Å². The monoisotopic (exact) mass is 166 g/mol. The van der Waals surface area contributed by atoms with Crippen molar-refractivity contribution in [3.8, 4) is 0 Å². The minimum atomic E-state index is -1.30. The quantitative estimate of drug-likeness (QED) is 0.708. The second-order valence-corrected chi connectivity index (χ2v) is 2.44. The fourth-order valence-corrected chi connectivity index (χ4v) is 0.925. The van der Waals surface area contributed by atoms with Gasteiger partial charge in [0.05, 0.1) is 6.40 Å². The lowest BCUT2D eigenvalue weighted by Gasteiger charge is -2.07. The van der Waals surface area contributed by atoms with Crippen LogP contribution in [0.5, 0.6) is 0 Å². The van der Waals surface area contributed by atoms with Gasteiger partial charge in [-0.3, -0.25) is 4.79 Å². The van der Waals surface area contributed by atoms with Gasteiger partial charge in [0.1, 0.15) is 0 Å². The molecule has 0 aliphatic carbocycles. The van der Waals surface area contributed by atoms with Crippen LogP contribution in [0.15, 0.2) is 30.3 Å². The van der Waals surface area contributed by atoms with E-state index in [2.05, 4.69) is 0 Å². The molecule has 0 aromatic heterocycles. The Hall–Kier alpha value is -1.35. The molecule has 3 heteroatoms. The van der Waals surface area contributed by atoms with Gasteiger partial charge in [0.2, 0.25) is 0 Å². The van der Waals surface area contributed by atoms with Gasteiger partial charge in [0.25, 0.3) is 0 Å². The van der Waals surface area contributed by atoms with Crippen LogP contribution in [0.3, 0.4) is 0 Å². The molecule has 0 heterocycles. The molecule has 0 radical (unpaired) electrons. The molecule has 64 valence electrons. The molecule has 0 saturated heterocycles. The first kappa shape index (κ1) is 7.31. The lowest BCUT2D eigenvalue weighted by atomic mass is 10.1. The van der Waals surface area contributed by atoms with E-state index in [1.807, 2.05) is 6.07 Å². The molecule has 12 heavy (non-hydrogen) atoms. The van der Waals surface area contributed by atoms with Crippen LogP contribution in [-0.4, -0.2) is 11.1 Å². The first-order valence-electron chi connectivity index (χ1n) is 4.16. The van der Waals surface area contributed by atoms with Crippen molar-refractivity contribution in [1.82, 2.24) is 0 Å². The van der Waals surface area contributed by atoms with E-state index in [1.54, 1.807) is 24.3 Å². The average Bonchev–Trinajstić information content (AvgIpc) is 2.17. The van der Waals surface area contributed by atoms with Crippen LogP contribution in [0.25, 0.3) is 0 Å². The maximum Gasteiger partial charge on any atom is 0.305 e. The zero-order valence-corrected chi connectivity index (χ0v) is 6.47. The number of carbonyl (C=O) groups is 1. The highest BCUT2D eigenvalue weighted by atomic mass is 16.4. The molecule has 0 aliphatic heterocycles. The highest BCUT2D eigenvalue weighted by molar-refractivity contribution is 5.67. The van der Waals surface area contributed by atoms with Crippen LogP contribution in [0, 0.1) is 0 Å². The van der Waals surface area contributed by atoms with E-state index in [0.717, 1.165) is 0 Å². The SMILES string of the molecule is [2H][C@H](C(=O)O)[C@@H](N)c1ccccc1. The van der Waals surface area contributed by atoms with Gasteiger partial charge < -0.3 is 10.8 Å². The summed E-state index contributed by atoms with van der Waals surface area (Å²) in [5.74, 6) is -1.20. The summed E-state index contributed by atoms with van der Waals surface area (Å²) >= 11 is 0. The number of carboxylic acid groups (broad SMARTS) is 1. The van der Waals surface area contributed by atoms with Crippen molar-refractivity contribution in [2.45, 2.75) is 12.4 Å². The molecule has 3 nitrogen and oxygen atoms in total. The minimum absolute atomic E-state index is 0.671.